The quantitative estimate of drug-likeness (QED) is 0.461. The van der Waals surface area contributed by atoms with Gasteiger partial charge in [0.25, 0.3) is 0 Å². The lowest BCUT2D eigenvalue weighted by Crippen LogP contribution is -2.21. The third kappa shape index (κ3) is 4.27. The number of hydrogen-bond donors (Lipinski definition) is 2. The normalized spacial score (nSPS) is 13.0. The number of halogens is 1. The second-order valence-electron chi connectivity index (χ2n) is 6.17. The molecule has 1 aromatic heterocycles. The molecule has 138 valence electrons. The number of fused-ring (bicyclic) bond motifs is 1. The fraction of sp³-hybridized carbons (Fsp3) is 0.368. The van der Waals surface area contributed by atoms with E-state index in [2.05, 4.69) is 26.6 Å². The second kappa shape index (κ2) is 8.50. The number of anilines is 2. The lowest BCUT2D eigenvalue weighted by Gasteiger charge is -2.14. The number of aryl methyl sites for hydroxylation is 2. The van der Waals surface area contributed by atoms with E-state index >= 15 is 0 Å². The number of nitrogens with one attached hydrogen (secondary N) is 2. The largest absolute Gasteiger partial charge is 0.462 e. The van der Waals surface area contributed by atoms with Crippen molar-refractivity contribution < 1.29 is 9.53 Å². The molecule has 26 heavy (non-hydrogen) atoms. The molecule has 0 saturated heterocycles. The summed E-state index contributed by atoms with van der Waals surface area (Å²) in [5, 5.41) is 7.69. The molecule has 0 atom stereocenters. The molecule has 0 unspecified atom stereocenters. The van der Waals surface area contributed by atoms with Gasteiger partial charge in [0.15, 0.2) is 5.11 Å². The summed E-state index contributed by atoms with van der Waals surface area (Å²) < 4.78 is 6.31. The minimum Gasteiger partial charge on any atom is -0.462 e. The van der Waals surface area contributed by atoms with E-state index in [0.29, 0.717) is 17.3 Å². The van der Waals surface area contributed by atoms with Crippen molar-refractivity contribution in [2.45, 2.75) is 39.5 Å². The van der Waals surface area contributed by atoms with Crippen molar-refractivity contribution in [1.82, 2.24) is 0 Å². The van der Waals surface area contributed by atoms with Gasteiger partial charge >= 0.3 is 5.97 Å². The average Bonchev–Trinajstić information content (AvgIpc) is 2.95. The predicted octanol–water partition coefficient (Wildman–Crippen LogP) is 5.68. The molecule has 0 fully saturated rings. The molecule has 3 rings (SSSR count). The molecule has 7 heteroatoms. The van der Waals surface area contributed by atoms with Crippen molar-refractivity contribution in [3.05, 3.63) is 44.2 Å². The Bertz CT molecular complexity index is 848. The molecule has 0 spiro atoms. The maximum absolute atomic E-state index is 12.5. The Morgan fingerprint density at radius 2 is 2.08 bits per heavy atom. The lowest BCUT2D eigenvalue weighted by molar-refractivity contribution is 0.0526. The smallest absolute Gasteiger partial charge is 0.341 e. The minimum atomic E-state index is -0.267. The van der Waals surface area contributed by atoms with Crippen LogP contribution < -0.4 is 10.6 Å². The SMILES string of the molecule is CCOC(=O)c1c(NC(=S)Nc2ccc(Br)cc2C)sc2c1CCCC2. The number of thiophene rings is 1. The summed E-state index contributed by atoms with van der Waals surface area (Å²) in [5.74, 6) is -0.267. The van der Waals surface area contributed by atoms with E-state index in [1.807, 2.05) is 32.0 Å². The number of carbonyl (C=O) groups excluding carboxylic acids is 1. The average molecular weight is 453 g/mol. The Balaban J connectivity index is 1.83. The Morgan fingerprint density at radius 1 is 1.31 bits per heavy atom. The number of ether oxygens (including phenoxy) is 1. The highest BCUT2D eigenvalue weighted by Crippen LogP contribution is 2.38. The van der Waals surface area contributed by atoms with E-state index in [1.54, 1.807) is 11.3 Å². The summed E-state index contributed by atoms with van der Waals surface area (Å²) >= 11 is 10.6. The van der Waals surface area contributed by atoms with Gasteiger partial charge in [-0.05, 0) is 81.1 Å². The van der Waals surface area contributed by atoms with Gasteiger partial charge in [-0.15, -0.1) is 11.3 Å². The third-order valence-electron chi connectivity index (χ3n) is 4.31. The molecule has 4 nitrogen and oxygen atoms in total. The Morgan fingerprint density at radius 3 is 2.81 bits per heavy atom. The molecule has 1 aromatic carbocycles. The highest BCUT2D eigenvalue weighted by atomic mass is 79.9. The molecule has 1 aliphatic carbocycles. The first-order valence-electron chi connectivity index (χ1n) is 8.65. The zero-order valence-corrected chi connectivity index (χ0v) is 18.0. The fourth-order valence-corrected chi connectivity index (χ4v) is 5.13. The van der Waals surface area contributed by atoms with Gasteiger partial charge < -0.3 is 15.4 Å². The zero-order chi connectivity index (χ0) is 18.7. The van der Waals surface area contributed by atoms with Crippen molar-refractivity contribution in [3.8, 4) is 0 Å². The number of benzene rings is 1. The van der Waals surface area contributed by atoms with Crippen LogP contribution in [-0.4, -0.2) is 17.7 Å². The summed E-state index contributed by atoms with van der Waals surface area (Å²) in [6, 6.07) is 5.96. The number of esters is 1. The zero-order valence-electron chi connectivity index (χ0n) is 14.8. The topological polar surface area (TPSA) is 50.4 Å². The van der Waals surface area contributed by atoms with Gasteiger partial charge in [0, 0.05) is 15.0 Å². The molecule has 0 amide bonds. The van der Waals surface area contributed by atoms with Crippen LogP contribution in [0.2, 0.25) is 0 Å². The van der Waals surface area contributed by atoms with E-state index in [-0.39, 0.29) is 5.97 Å². The molecule has 0 radical (unpaired) electrons. The molecular weight excluding hydrogens is 432 g/mol. The number of thiocarbonyl (C=S) groups is 1. The molecular formula is C19H21BrN2O2S2. The maximum Gasteiger partial charge on any atom is 0.341 e. The number of hydrogen-bond acceptors (Lipinski definition) is 4. The summed E-state index contributed by atoms with van der Waals surface area (Å²) in [5.41, 5.74) is 3.80. The molecule has 0 saturated carbocycles. The second-order valence-corrected chi connectivity index (χ2v) is 8.60. The van der Waals surface area contributed by atoms with Crippen LogP contribution in [0.1, 0.15) is 46.1 Å². The van der Waals surface area contributed by atoms with Crippen LogP contribution >= 0.6 is 39.5 Å². The Labute approximate surface area is 171 Å². The summed E-state index contributed by atoms with van der Waals surface area (Å²) in [7, 11) is 0. The maximum atomic E-state index is 12.5. The lowest BCUT2D eigenvalue weighted by atomic mass is 9.95. The molecule has 0 bridgehead atoms. The van der Waals surface area contributed by atoms with E-state index in [4.69, 9.17) is 17.0 Å². The predicted molar refractivity (Wildman–Crippen MR) is 116 cm³/mol. The highest BCUT2D eigenvalue weighted by molar-refractivity contribution is 9.10. The van der Waals surface area contributed by atoms with Crippen molar-refractivity contribution in [1.29, 1.82) is 0 Å². The Kier molecular flexibility index (Phi) is 6.32. The van der Waals surface area contributed by atoms with Crippen molar-refractivity contribution in [3.63, 3.8) is 0 Å². The fourth-order valence-electron chi connectivity index (χ4n) is 3.10. The molecule has 1 aliphatic rings. The van der Waals surface area contributed by atoms with Crippen LogP contribution in [0.5, 0.6) is 0 Å². The summed E-state index contributed by atoms with van der Waals surface area (Å²) in [6.45, 7) is 4.21. The molecule has 0 aliphatic heterocycles. The van der Waals surface area contributed by atoms with E-state index in [1.165, 1.54) is 4.88 Å². The van der Waals surface area contributed by atoms with Gasteiger partial charge in [-0.2, -0.15) is 0 Å². The first-order valence-corrected chi connectivity index (χ1v) is 10.7. The van der Waals surface area contributed by atoms with Crippen LogP contribution in [0.4, 0.5) is 10.7 Å². The van der Waals surface area contributed by atoms with Gasteiger partial charge in [0.1, 0.15) is 5.00 Å². The minimum absolute atomic E-state index is 0.267. The molecule has 1 heterocycles. The first kappa shape index (κ1) is 19.3. The highest BCUT2D eigenvalue weighted by Gasteiger charge is 2.26. The van der Waals surface area contributed by atoms with Crippen molar-refractivity contribution in [2.75, 3.05) is 17.2 Å². The summed E-state index contributed by atoms with van der Waals surface area (Å²) in [6.07, 6.45) is 4.21. The van der Waals surface area contributed by atoms with Crippen LogP contribution in [-0.2, 0) is 17.6 Å². The Hall–Kier alpha value is -1.44. The van der Waals surface area contributed by atoms with Crippen molar-refractivity contribution in [2.24, 2.45) is 0 Å². The van der Waals surface area contributed by atoms with Crippen LogP contribution in [0.15, 0.2) is 22.7 Å². The number of carbonyl (C=O) groups is 1. The van der Waals surface area contributed by atoms with Gasteiger partial charge in [-0.3, -0.25) is 0 Å². The van der Waals surface area contributed by atoms with E-state index in [9.17, 15) is 4.79 Å². The van der Waals surface area contributed by atoms with Crippen LogP contribution in [0, 0.1) is 6.92 Å². The van der Waals surface area contributed by atoms with E-state index < -0.39 is 0 Å². The first-order chi connectivity index (χ1) is 12.5. The molecule has 2 aromatic rings. The van der Waals surface area contributed by atoms with Crippen LogP contribution in [0.3, 0.4) is 0 Å². The van der Waals surface area contributed by atoms with Gasteiger partial charge in [-0.1, -0.05) is 15.9 Å². The summed E-state index contributed by atoms with van der Waals surface area (Å²) in [4.78, 5) is 13.8. The van der Waals surface area contributed by atoms with Crippen LogP contribution in [0.25, 0.3) is 0 Å². The van der Waals surface area contributed by atoms with Crippen molar-refractivity contribution >= 4 is 61.3 Å². The standard InChI is InChI=1S/C19H21BrN2O2S2/c1-3-24-18(23)16-13-6-4-5-7-15(13)26-17(16)22-19(25)21-14-9-8-12(20)10-11(14)2/h8-10H,3-7H2,1-2H3,(H2,21,22,25). The number of rotatable bonds is 4. The van der Waals surface area contributed by atoms with E-state index in [0.717, 1.165) is 52.0 Å². The monoisotopic (exact) mass is 452 g/mol. The molecule has 2 N–H and O–H groups in total. The van der Waals surface area contributed by atoms with Gasteiger partial charge in [0.2, 0.25) is 0 Å². The third-order valence-corrected chi connectivity index (χ3v) is 6.22. The van der Waals surface area contributed by atoms with Gasteiger partial charge in [-0.25, -0.2) is 4.79 Å². The van der Waals surface area contributed by atoms with Gasteiger partial charge in [0.05, 0.1) is 12.2 Å².